The number of aryl methyl sites for hydroxylation is 1. The Balaban J connectivity index is 1.51. The number of rotatable bonds is 4. The van der Waals surface area contributed by atoms with Gasteiger partial charge in [-0.15, -0.1) is 5.10 Å². The first kappa shape index (κ1) is 16.8. The van der Waals surface area contributed by atoms with Crippen molar-refractivity contribution >= 4 is 17.5 Å². The lowest BCUT2D eigenvalue weighted by Gasteiger charge is -2.33. The quantitative estimate of drug-likeness (QED) is 0.884. The summed E-state index contributed by atoms with van der Waals surface area (Å²) in [4.78, 5) is 38.4. The van der Waals surface area contributed by atoms with Crippen LogP contribution in [0.25, 0.3) is 5.65 Å². The molecule has 2 aliphatic rings. The van der Waals surface area contributed by atoms with E-state index in [0.717, 1.165) is 25.7 Å². The highest BCUT2D eigenvalue weighted by Gasteiger charge is 2.47. The van der Waals surface area contributed by atoms with E-state index < -0.39 is 12.0 Å². The lowest BCUT2D eigenvalue weighted by molar-refractivity contribution is -0.150. The molecule has 3 atom stereocenters. The Morgan fingerprint density at radius 3 is 2.81 bits per heavy atom. The highest BCUT2D eigenvalue weighted by molar-refractivity contribution is 5.84. The van der Waals surface area contributed by atoms with E-state index in [9.17, 15) is 19.5 Å². The predicted molar refractivity (Wildman–Crippen MR) is 92.7 cm³/mol. The van der Waals surface area contributed by atoms with Gasteiger partial charge in [0.1, 0.15) is 6.04 Å². The Labute approximate surface area is 150 Å². The van der Waals surface area contributed by atoms with Crippen molar-refractivity contribution in [1.82, 2.24) is 19.1 Å². The Morgan fingerprint density at radius 1 is 1.23 bits per heavy atom. The van der Waals surface area contributed by atoms with Crippen molar-refractivity contribution in [3.63, 3.8) is 0 Å². The second kappa shape index (κ2) is 6.59. The molecular formula is C18H22N4O4. The number of pyridine rings is 1. The molecule has 0 spiro atoms. The van der Waals surface area contributed by atoms with Crippen LogP contribution in [0.2, 0.25) is 0 Å². The van der Waals surface area contributed by atoms with Crippen LogP contribution in [0.4, 0.5) is 0 Å². The van der Waals surface area contributed by atoms with Crippen LogP contribution in [-0.2, 0) is 16.1 Å². The zero-order valence-corrected chi connectivity index (χ0v) is 14.5. The normalized spacial score (nSPS) is 25.4. The first-order chi connectivity index (χ1) is 12.6. The number of hydrogen-bond donors (Lipinski definition) is 1. The van der Waals surface area contributed by atoms with E-state index in [1.165, 1.54) is 9.08 Å². The summed E-state index contributed by atoms with van der Waals surface area (Å²) in [5, 5.41) is 13.8. The number of carboxylic acid groups (broad SMARTS) is 1. The third-order valence-electron chi connectivity index (χ3n) is 5.69. The molecule has 1 amide bonds. The number of aliphatic carboxylic acids is 1. The highest BCUT2D eigenvalue weighted by Crippen LogP contribution is 2.40. The number of nitrogens with zero attached hydrogens (tertiary/aromatic N) is 4. The van der Waals surface area contributed by atoms with Gasteiger partial charge in [0.2, 0.25) is 5.91 Å². The number of carbonyl (C=O) groups is 2. The molecular weight excluding hydrogens is 336 g/mol. The molecule has 1 saturated heterocycles. The summed E-state index contributed by atoms with van der Waals surface area (Å²) >= 11 is 0. The molecule has 3 unspecified atom stereocenters. The van der Waals surface area contributed by atoms with Crippen LogP contribution < -0.4 is 5.69 Å². The summed E-state index contributed by atoms with van der Waals surface area (Å²) in [5.41, 5.74) is 0.238. The number of fused-ring (bicyclic) bond motifs is 2. The Kier molecular flexibility index (Phi) is 4.26. The molecule has 4 rings (SSSR count). The summed E-state index contributed by atoms with van der Waals surface area (Å²) in [6, 6.07) is 4.55. The minimum Gasteiger partial charge on any atom is -0.480 e. The van der Waals surface area contributed by atoms with Gasteiger partial charge in [-0.2, -0.15) is 0 Å². The largest absolute Gasteiger partial charge is 0.480 e. The van der Waals surface area contributed by atoms with Crippen LogP contribution >= 0.6 is 0 Å². The molecule has 2 aromatic heterocycles. The molecule has 0 bridgehead atoms. The zero-order valence-electron chi connectivity index (χ0n) is 14.5. The fraction of sp³-hybridized carbons (Fsp3) is 0.556. The number of carboxylic acids is 1. The maximum atomic E-state index is 12.8. The second-order valence-corrected chi connectivity index (χ2v) is 7.19. The third kappa shape index (κ3) is 2.79. The monoisotopic (exact) mass is 358 g/mol. The van der Waals surface area contributed by atoms with Crippen molar-refractivity contribution in [2.75, 3.05) is 0 Å². The van der Waals surface area contributed by atoms with Crippen molar-refractivity contribution in [3.05, 3.63) is 34.9 Å². The molecule has 2 fully saturated rings. The van der Waals surface area contributed by atoms with Crippen LogP contribution in [0.15, 0.2) is 29.2 Å². The predicted octanol–water partition coefficient (Wildman–Crippen LogP) is 1.13. The van der Waals surface area contributed by atoms with Gasteiger partial charge < -0.3 is 10.0 Å². The minimum atomic E-state index is -0.933. The van der Waals surface area contributed by atoms with Crippen LogP contribution in [-0.4, -0.2) is 48.1 Å². The van der Waals surface area contributed by atoms with Gasteiger partial charge >= 0.3 is 11.7 Å². The van der Waals surface area contributed by atoms with Crippen LogP contribution in [0.1, 0.15) is 38.5 Å². The molecule has 1 aliphatic heterocycles. The van der Waals surface area contributed by atoms with Gasteiger partial charge in [-0.05, 0) is 37.3 Å². The van der Waals surface area contributed by atoms with Crippen LogP contribution in [0, 0.1) is 5.92 Å². The van der Waals surface area contributed by atoms with E-state index >= 15 is 0 Å². The molecule has 1 N–H and O–H groups in total. The van der Waals surface area contributed by atoms with E-state index in [1.54, 1.807) is 29.3 Å². The van der Waals surface area contributed by atoms with E-state index in [0.29, 0.717) is 12.1 Å². The standard InChI is InChI=1S/C18H22N4O4/c23-16(8-10-21-18(26)20-9-4-3-7-15(20)19-21)22-13-6-2-1-5-12(13)11-14(22)17(24)25/h3-4,7,9,12-14H,1-2,5-6,8,10-11H2,(H,24,25). The van der Waals surface area contributed by atoms with Gasteiger partial charge in [0, 0.05) is 18.7 Å². The summed E-state index contributed by atoms with van der Waals surface area (Å²) in [6.07, 6.45) is 6.25. The summed E-state index contributed by atoms with van der Waals surface area (Å²) < 4.78 is 2.70. The average molecular weight is 358 g/mol. The van der Waals surface area contributed by atoms with Gasteiger partial charge in [-0.25, -0.2) is 14.3 Å². The molecule has 0 aromatic carbocycles. The van der Waals surface area contributed by atoms with Gasteiger partial charge in [-0.1, -0.05) is 18.9 Å². The van der Waals surface area contributed by atoms with E-state index in [-0.39, 0.29) is 36.5 Å². The third-order valence-corrected chi connectivity index (χ3v) is 5.69. The Bertz CT molecular complexity index is 902. The average Bonchev–Trinajstić information content (AvgIpc) is 3.18. The SMILES string of the molecule is O=C(O)C1CC2CCCCC2N1C(=O)CCn1nc2ccccn2c1=O. The number of likely N-dealkylation sites (tertiary alicyclic amines) is 1. The molecule has 138 valence electrons. The van der Waals surface area contributed by atoms with E-state index in [1.807, 2.05) is 0 Å². The maximum absolute atomic E-state index is 12.8. The molecule has 0 radical (unpaired) electrons. The van der Waals surface area contributed by atoms with Crippen molar-refractivity contribution in [2.24, 2.45) is 5.92 Å². The highest BCUT2D eigenvalue weighted by atomic mass is 16.4. The second-order valence-electron chi connectivity index (χ2n) is 7.19. The fourth-order valence-electron chi connectivity index (χ4n) is 4.48. The summed E-state index contributed by atoms with van der Waals surface area (Å²) in [7, 11) is 0. The zero-order chi connectivity index (χ0) is 18.3. The van der Waals surface area contributed by atoms with Crippen molar-refractivity contribution in [3.8, 4) is 0 Å². The molecule has 3 heterocycles. The van der Waals surface area contributed by atoms with E-state index in [2.05, 4.69) is 5.10 Å². The molecule has 8 nitrogen and oxygen atoms in total. The first-order valence-corrected chi connectivity index (χ1v) is 9.14. The molecule has 2 aromatic rings. The van der Waals surface area contributed by atoms with E-state index in [4.69, 9.17) is 0 Å². The summed E-state index contributed by atoms with van der Waals surface area (Å²) in [5.74, 6) is -0.847. The minimum absolute atomic E-state index is 0.0233. The topological polar surface area (TPSA) is 96.9 Å². The van der Waals surface area contributed by atoms with Gasteiger partial charge in [0.05, 0.1) is 6.54 Å². The lowest BCUT2D eigenvalue weighted by atomic mass is 9.84. The van der Waals surface area contributed by atoms with Gasteiger partial charge in [0.15, 0.2) is 5.65 Å². The Hall–Kier alpha value is -2.64. The lowest BCUT2D eigenvalue weighted by Crippen LogP contribution is -2.46. The maximum Gasteiger partial charge on any atom is 0.350 e. The molecule has 26 heavy (non-hydrogen) atoms. The number of carbonyl (C=O) groups excluding carboxylic acids is 1. The molecule has 1 aliphatic carbocycles. The van der Waals surface area contributed by atoms with Crippen molar-refractivity contribution < 1.29 is 14.7 Å². The smallest absolute Gasteiger partial charge is 0.350 e. The van der Waals surface area contributed by atoms with Crippen molar-refractivity contribution in [2.45, 2.75) is 57.2 Å². The fourth-order valence-corrected chi connectivity index (χ4v) is 4.48. The number of amides is 1. The number of aromatic nitrogens is 3. The first-order valence-electron chi connectivity index (χ1n) is 9.14. The number of hydrogen-bond acceptors (Lipinski definition) is 4. The van der Waals surface area contributed by atoms with Crippen LogP contribution in [0.3, 0.4) is 0 Å². The van der Waals surface area contributed by atoms with Gasteiger partial charge in [-0.3, -0.25) is 9.20 Å². The van der Waals surface area contributed by atoms with Crippen molar-refractivity contribution in [1.29, 1.82) is 0 Å². The Morgan fingerprint density at radius 2 is 2.04 bits per heavy atom. The molecule has 1 saturated carbocycles. The molecule has 8 heteroatoms. The van der Waals surface area contributed by atoms with Gasteiger partial charge in [0.25, 0.3) is 0 Å². The van der Waals surface area contributed by atoms with Crippen LogP contribution in [0.5, 0.6) is 0 Å². The summed E-state index contributed by atoms with van der Waals surface area (Å²) in [6.45, 7) is 0.152.